The first-order valence-corrected chi connectivity index (χ1v) is 6.82. The van der Waals surface area contributed by atoms with E-state index in [0.717, 1.165) is 0 Å². The number of ether oxygens (including phenoxy) is 2. The van der Waals surface area contributed by atoms with E-state index in [1.807, 2.05) is 0 Å². The van der Waals surface area contributed by atoms with Crippen molar-refractivity contribution in [2.45, 2.75) is 0 Å². The second kappa shape index (κ2) is 6.19. The lowest BCUT2D eigenvalue weighted by molar-refractivity contribution is 0.408. The van der Waals surface area contributed by atoms with Crippen LogP contribution in [0.25, 0.3) is 0 Å². The van der Waals surface area contributed by atoms with Crippen LogP contribution in [-0.2, 0) is 0 Å². The zero-order chi connectivity index (χ0) is 14.7. The number of benzene rings is 2. The van der Waals surface area contributed by atoms with Gasteiger partial charge in [0.2, 0.25) is 0 Å². The summed E-state index contributed by atoms with van der Waals surface area (Å²) in [4.78, 5) is 0.209. The minimum atomic E-state index is -0.357. The number of halogens is 2. The van der Waals surface area contributed by atoms with Crippen LogP contribution in [0, 0.1) is 5.82 Å². The molecular weight excluding hydrogens is 345 g/mol. The highest BCUT2D eigenvalue weighted by molar-refractivity contribution is 9.10. The van der Waals surface area contributed by atoms with Crippen LogP contribution in [0.3, 0.4) is 0 Å². The molecule has 0 aliphatic rings. The Labute approximate surface area is 129 Å². The van der Waals surface area contributed by atoms with E-state index >= 15 is 0 Å². The van der Waals surface area contributed by atoms with Crippen LogP contribution in [0.2, 0.25) is 0 Å². The normalized spacial score (nSPS) is 10.2. The van der Waals surface area contributed by atoms with E-state index in [0.29, 0.717) is 27.3 Å². The number of hydrogen-bond donors (Lipinski definition) is 1. The lowest BCUT2D eigenvalue weighted by Crippen LogP contribution is -2.10. The van der Waals surface area contributed by atoms with Gasteiger partial charge in [0.25, 0.3) is 0 Å². The standard InChI is InChI=1S/C14H11BrFNO2S/c1-18-9-3-4-10(14(17)20)13(7-9)19-12-5-2-8(16)6-11(12)15/h2-7H,1H3,(H2,17,20). The van der Waals surface area contributed by atoms with Crippen LogP contribution < -0.4 is 15.2 Å². The van der Waals surface area contributed by atoms with Gasteiger partial charge in [-0.3, -0.25) is 0 Å². The summed E-state index contributed by atoms with van der Waals surface area (Å²) in [5, 5.41) is 0. The minimum Gasteiger partial charge on any atom is -0.497 e. The molecular formula is C14H11BrFNO2S. The fourth-order valence-electron chi connectivity index (χ4n) is 1.59. The van der Waals surface area contributed by atoms with Crippen molar-refractivity contribution >= 4 is 33.1 Å². The second-order valence-electron chi connectivity index (χ2n) is 3.90. The van der Waals surface area contributed by atoms with Crippen molar-refractivity contribution in [1.29, 1.82) is 0 Å². The molecule has 6 heteroatoms. The quantitative estimate of drug-likeness (QED) is 0.841. The van der Waals surface area contributed by atoms with Crippen LogP contribution in [0.5, 0.6) is 17.2 Å². The van der Waals surface area contributed by atoms with Crippen molar-refractivity contribution in [1.82, 2.24) is 0 Å². The Kier molecular flexibility index (Phi) is 4.57. The Morgan fingerprint density at radius 3 is 2.55 bits per heavy atom. The molecule has 2 N–H and O–H groups in total. The highest BCUT2D eigenvalue weighted by Crippen LogP contribution is 2.34. The monoisotopic (exact) mass is 355 g/mol. The van der Waals surface area contributed by atoms with E-state index in [-0.39, 0.29) is 10.8 Å². The van der Waals surface area contributed by atoms with Gasteiger partial charge in [0.15, 0.2) is 0 Å². The maximum atomic E-state index is 13.1. The van der Waals surface area contributed by atoms with Gasteiger partial charge in [0.05, 0.1) is 17.1 Å². The molecule has 3 nitrogen and oxygen atoms in total. The van der Waals surface area contributed by atoms with E-state index in [1.54, 1.807) is 25.3 Å². The Hall–Kier alpha value is -1.66. The zero-order valence-corrected chi connectivity index (χ0v) is 12.9. The molecule has 0 aliphatic heterocycles. The van der Waals surface area contributed by atoms with Crippen molar-refractivity contribution in [2.75, 3.05) is 7.11 Å². The van der Waals surface area contributed by atoms with E-state index < -0.39 is 0 Å². The van der Waals surface area contributed by atoms with Crippen molar-refractivity contribution in [3.63, 3.8) is 0 Å². The van der Waals surface area contributed by atoms with E-state index in [1.165, 1.54) is 18.2 Å². The maximum Gasteiger partial charge on any atom is 0.141 e. The van der Waals surface area contributed by atoms with Crippen LogP contribution in [0.15, 0.2) is 40.9 Å². The Morgan fingerprint density at radius 2 is 1.95 bits per heavy atom. The smallest absolute Gasteiger partial charge is 0.141 e. The van der Waals surface area contributed by atoms with E-state index in [2.05, 4.69) is 15.9 Å². The topological polar surface area (TPSA) is 44.5 Å². The molecule has 0 bridgehead atoms. The average Bonchev–Trinajstić information content (AvgIpc) is 2.41. The fourth-order valence-corrected chi connectivity index (χ4v) is 2.19. The minimum absolute atomic E-state index is 0.209. The number of methoxy groups -OCH3 is 1. The van der Waals surface area contributed by atoms with Gasteiger partial charge in [-0.2, -0.15) is 0 Å². The summed E-state index contributed by atoms with van der Waals surface area (Å²) in [5.41, 5.74) is 6.24. The van der Waals surface area contributed by atoms with Crippen molar-refractivity contribution < 1.29 is 13.9 Å². The molecule has 0 aliphatic carbocycles. The summed E-state index contributed by atoms with van der Waals surface area (Å²) in [5.74, 6) is 1.16. The number of hydrogen-bond acceptors (Lipinski definition) is 3. The first-order chi connectivity index (χ1) is 9.51. The highest BCUT2D eigenvalue weighted by Gasteiger charge is 2.11. The van der Waals surface area contributed by atoms with Crippen LogP contribution in [0.1, 0.15) is 5.56 Å². The summed E-state index contributed by atoms with van der Waals surface area (Å²) in [6.07, 6.45) is 0. The maximum absolute atomic E-state index is 13.1. The van der Waals surface area contributed by atoms with Gasteiger partial charge in [0.1, 0.15) is 28.1 Å². The molecule has 20 heavy (non-hydrogen) atoms. The van der Waals surface area contributed by atoms with Crippen molar-refractivity contribution in [2.24, 2.45) is 5.73 Å². The Morgan fingerprint density at radius 1 is 1.20 bits per heavy atom. The molecule has 2 aromatic rings. The summed E-state index contributed by atoms with van der Waals surface area (Å²) in [6.45, 7) is 0. The molecule has 2 rings (SSSR count). The van der Waals surface area contributed by atoms with Gasteiger partial charge in [0, 0.05) is 6.07 Å². The first-order valence-electron chi connectivity index (χ1n) is 5.62. The molecule has 0 atom stereocenters. The van der Waals surface area contributed by atoms with Crippen LogP contribution in [-0.4, -0.2) is 12.1 Å². The van der Waals surface area contributed by atoms with Crippen LogP contribution >= 0.6 is 28.1 Å². The molecule has 0 saturated heterocycles. The predicted octanol–water partition coefficient (Wildman–Crippen LogP) is 4.02. The summed E-state index contributed by atoms with van der Waals surface area (Å²) in [6, 6.07) is 9.26. The number of thiocarbonyl (C=S) groups is 1. The predicted molar refractivity (Wildman–Crippen MR) is 83.1 cm³/mol. The van der Waals surface area contributed by atoms with Crippen molar-refractivity contribution in [3.8, 4) is 17.2 Å². The van der Waals surface area contributed by atoms with E-state index in [4.69, 9.17) is 27.4 Å². The highest BCUT2D eigenvalue weighted by atomic mass is 79.9. The molecule has 0 radical (unpaired) electrons. The molecule has 0 fully saturated rings. The largest absolute Gasteiger partial charge is 0.497 e. The lowest BCUT2D eigenvalue weighted by atomic mass is 10.2. The summed E-state index contributed by atoms with van der Waals surface area (Å²) in [7, 11) is 1.55. The van der Waals surface area contributed by atoms with Gasteiger partial charge in [-0.25, -0.2) is 4.39 Å². The SMILES string of the molecule is COc1ccc(C(N)=S)c(Oc2ccc(F)cc2Br)c1. The third-order valence-corrected chi connectivity index (χ3v) is 3.41. The Balaban J connectivity index is 2.43. The van der Waals surface area contributed by atoms with Gasteiger partial charge in [-0.1, -0.05) is 12.2 Å². The first kappa shape index (κ1) is 14.7. The molecule has 104 valence electrons. The van der Waals surface area contributed by atoms with Gasteiger partial charge < -0.3 is 15.2 Å². The van der Waals surface area contributed by atoms with E-state index in [9.17, 15) is 4.39 Å². The molecule has 0 amide bonds. The molecule has 0 aromatic heterocycles. The zero-order valence-electron chi connectivity index (χ0n) is 10.5. The molecule has 0 spiro atoms. The lowest BCUT2D eigenvalue weighted by Gasteiger charge is -2.13. The molecule has 0 unspecified atom stereocenters. The van der Waals surface area contributed by atoms with Gasteiger partial charge in [-0.05, 0) is 46.3 Å². The molecule has 0 saturated carbocycles. The van der Waals surface area contributed by atoms with Crippen molar-refractivity contribution in [3.05, 3.63) is 52.3 Å². The number of rotatable bonds is 4. The molecule has 0 heterocycles. The summed E-state index contributed by atoms with van der Waals surface area (Å²) < 4.78 is 24.4. The third kappa shape index (κ3) is 3.26. The Bertz CT molecular complexity index is 664. The third-order valence-electron chi connectivity index (χ3n) is 2.57. The van der Waals surface area contributed by atoms with Crippen LogP contribution in [0.4, 0.5) is 4.39 Å². The fraction of sp³-hybridized carbons (Fsp3) is 0.0714. The number of nitrogens with two attached hydrogens (primary N) is 1. The van der Waals surface area contributed by atoms with Gasteiger partial charge in [-0.15, -0.1) is 0 Å². The average molecular weight is 356 g/mol. The summed E-state index contributed by atoms with van der Waals surface area (Å²) >= 11 is 8.23. The molecule has 2 aromatic carbocycles. The second-order valence-corrected chi connectivity index (χ2v) is 5.20. The van der Waals surface area contributed by atoms with Gasteiger partial charge >= 0.3 is 0 Å².